The average molecular weight is 344 g/mol. The lowest BCUT2D eigenvalue weighted by Gasteiger charge is -2.12. The first kappa shape index (κ1) is 13.8. The summed E-state index contributed by atoms with van der Waals surface area (Å²) in [6, 6.07) is 11.7. The van der Waals surface area contributed by atoms with Crippen molar-refractivity contribution in [2.24, 2.45) is 0 Å². The van der Waals surface area contributed by atoms with Gasteiger partial charge in [-0.25, -0.2) is 0 Å². The van der Waals surface area contributed by atoms with E-state index in [1.165, 1.54) is 5.56 Å². The lowest BCUT2D eigenvalue weighted by molar-refractivity contribution is 0.785. The molecule has 2 aromatic carbocycles. The Morgan fingerprint density at radius 2 is 1.90 bits per heavy atom. The summed E-state index contributed by atoms with van der Waals surface area (Å²) in [6.45, 7) is 4.09. The number of nitrogens with zero attached hydrogens (tertiary/aromatic N) is 4. The topological polar surface area (TPSA) is 69.6 Å². The monoisotopic (exact) mass is 343 g/mol. The Bertz CT molecular complexity index is 786. The van der Waals surface area contributed by atoms with E-state index >= 15 is 0 Å². The van der Waals surface area contributed by atoms with Gasteiger partial charge in [0.2, 0.25) is 0 Å². The van der Waals surface area contributed by atoms with E-state index in [1.807, 2.05) is 37.3 Å². The van der Waals surface area contributed by atoms with Crippen LogP contribution >= 0.6 is 15.9 Å². The Hall–Kier alpha value is -2.21. The lowest BCUT2D eigenvalue weighted by atomic mass is 10.1. The zero-order valence-electron chi connectivity index (χ0n) is 11.7. The molecule has 6 heteroatoms. The maximum atomic E-state index is 6.04. The minimum atomic E-state index is 0.626. The van der Waals surface area contributed by atoms with Gasteiger partial charge in [-0.3, -0.25) is 0 Å². The molecule has 0 spiro atoms. The molecule has 3 rings (SSSR count). The van der Waals surface area contributed by atoms with Crippen LogP contribution in [0.25, 0.3) is 17.1 Å². The highest BCUT2D eigenvalue weighted by atomic mass is 79.9. The van der Waals surface area contributed by atoms with Gasteiger partial charge in [-0.1, -0.05) is 18.2 Å². The molecule has 0 fully saturated rings. The number of benzene rings is 2. The number of halogens is 1. The Morgan fingerprint density at radius 1 is 1.14 bits per heavy atom. The number of tetrazole rings is 1. The molecule has 5 nitrogen and oxygen atoms in total. The van der Waals surface area contributed by atoms with Crippen molar-refractivity contribution in [3.63, 3.8) is 0 Å². The van der Waals surface area contributed by atoms with Crippen molar-refractivity contribution in [2.75, 3.05) is 5.73 Å². The maximum absolute atomic E-state index is 6.04. The molecule has 3 aromatic rings. The summed E-state index contributed by atoms with van der Waals surface area (Å²) in [5.41, 5.74) is 10.7. The number of nitrogen functional groups attached to an aromatic ring is 1. The molecule has 1 heterocycles. The van der Waals surface area contributed by atoms with Gasteiger partial charge >= 0.3 is 0 Å². The minimum Gasteiger partial charge on any atom is -0.398 e. The van der Waals surface area contributed by atoms with E-state index in [9.17, 15) is 0 Å². The second kappa shape index (κ2) is 5.29. The molecule has 21 heavy (non-hydrogen) atoms. The first-order valence-electron chi connectivity index (χ1n) is 6.48. The van der Waals surface area contributed by atoms with Crippen LogP contribution in [0, 0.1) is 13.8 Å². The molecular formula is C15H14BrN5. The summed E-state index contributed by atoms with van der Waals surface area (Å²) < 4.78 is 2.66. The van der Waals surface area contributed by atoms with Gasteiger partial charge < -0.3 is 5.73 Å². The van der Waals surface area contributed by atoms with E-state index in [0.717, 1.165) is 21.3 Å². The smallest absolute Gasteiger partial charge is 0.189 e. The van der Waals surface area contributed by atoms with Crippen molar-refractivity contribution in [2.45, 2.75) is 13.8 Å². The first-order valence-corrected chi connectivity index (χ1v) is 7.27. The molecule has 0 aliphatic heterocycles. The Balaban J connectivity index is 2.24. The molecule has 0 unspecified atom stereocenters. The number of hydrogen-bond donors (Lipinski definition) is 1. The highest BCUT2D eigenvalue weighted by Crippen LogP contribution is 2.30. The lowest BCUT2D eigenvalue weighted by Crippen LogP contribution is -2.05. The van der Waals surface area contributed by atoms with Gasteiger partial charge in [-0.05, 0) is 69.5 Å². The minimum absolute atomic E-state index is 0.626. The zero-order chi connectivity index (χ0) is 15.0. The van der Waals surface area contributed by atoms with E-state index in [0.29, 0.717) is 11.5 Å². The molecule has 0 aliphatic carbocycles. The quantitative estimate of drug-likeness (QED) is 0.725. The van der Waals surface area contributed by atoms with E-state index in [4.69, 9.17) is 5.73 Å². The van der Waals surface area contributed by atoms with Crippen LogP contribution in [0.4, 0.5) is 5.69 Å². The molecule has 0 saturated heterocycles. The van der Waals surface area contributed by atoms with Crippen molar-refractivity contribution >= 4 is 21.6 Å². The molecular weight excluding hydrogens is 330 g/mol. The van der Waals surface area contributed by atoms with Gasteiger partial charge in [0.15, 0.2) is 5.82 Å². The number of rotatable bonds is 2. The van der Waals surface area contributed by atoms with Gasteiger partial charge in [0, 0.05) is 15.7 Å². The summed E-state index contributed by atoms with van der Waals surface area (Å²) in [5, 5.41) is 12.1. The third-order valence-electron chi connectivity index (χ3n) is 3.28. The van der Waals surface area contributed by atoms with Crippen molar-refractivity contribution in [1.82, 2.24) is 20.2 Å². The van der Waals surface area contributed by atoms with E-state index in [2.05, 4.69) is 44.4 Å². The highest BCUT2D eigenvalue weighted by Gasteiger charge is 2.17. The van der Waals surface area contributed by atoms with Gasteiger partial charge in [-0.15, -0.1) is 5.10 Å². The largest absolute Gasteiger partial charge is 0.398 e. The number of aromatic nitrogens is 4. The van der Waals surface area contributed by atoms with Crippen LogP contribution in [0.2, 0.25) is 0 Å². The molecule has 0 aliphatic rings. The van der Waals surface area contributed by atoms with Gasteiger partial charge in [0.05, 0.1) is 5.69 Å². The second-order valence-corrected chi connectivity index (χ2v) is 5.77. The Kier molecular flexibility index (Phi) is 3.47. The van der Waals surface area contributed by atoms with Crippen LogP contribution in [0.15, 0.2) is 40.9 Å². The van der Waals surface area contributed by atoms with Crippen LogP contribution in [0.1, 0.15) is 11.1 Å². The number of aryl methyl sites for hydroxylation is 2. The molecule has 0 saturated carbocycles. The van der Waals surface area contributed by atoms with Gasteiger partial charge in [0.1, 0.15) is 0 Å². The summed E-state index contributed by atoms with van der Waals surface area (Å²) in [7, 11) is 0. The molecule has 2 N–H and O–H groups in total. The van der Waals surface area contributed by atoms with Gasteiger partial charge in [-0.2, -0.15) is 4.68 Å². The van der Waals surface area contributed by atoms with Crippen LogP contribution in [0.3, 0.4) is 0 Å². The average Bonchev–Trinajstić information content (AvgIpc) is 2.87. The molecule has 0 amide bonds. The summed E-state index contributed by atoms with van der Waals surface area (Å²) >= 11 is 3.60. The number of para-hydroxylation sites is 1. The van der Waals surface area contributed by atoms with Crippen molar-refractivity contribution in [3.8, 4) is 17.1 Å². The highest BCUT2D eigenvalue weighted by molar-refractivity contribution is 9.10. The SMILES string of the molecule is Cc1cc(C)c(-n2nnnc2-c2ccccc2N)c(Br)c1. The third kappa shape index (κ3) is 2.42. The van der Waals surface area contributed by atoms with Crippen LogP contribution < -0.4 is 5.73 Å². The number of anilines is 1. The fraction of sp³-hybridized carbons (Fsp3) is 0.133. The van der Waals surface area contributed by atoms with Crippen LogP contribution in [-0.4, -0.2) is 20.2 Å². The molecule has 1 aromatic heterocycles. The predicted molar refractivity (Wildman–Crippen MR) is 86.2 cm³/mol. The number of hydrogen-bond acceptors (Lipinski definition) is 4. The van der Waals surface area contributed by atoms with Crippen LogP contribution in [0.5, 0.6) is 0 Å². The summed E-state index contributed by atoms with van der Waals surface area (Å²) in [5.74, 6) is 0.626. The first-order chi connectivity index (χ1) is 10.1. The standard InChI is InChI=1S/C15H14BrN5/c1-9-7-10(2)14(12(16)8-9)21-15(18-19-20-21)11-5-3-4-6-13(11)17/h3-8H,17H2,1-2H3. The van der Waals surface area contributed by atoms with Crippen molar-refractivity contribution < 1.29 is 0 Å². The van der Waals surface area contributed by atoms with E-state index in [1.54, 1.807) is 4.68 Å². The summed E-state index contributed by atoms with van der Waals surface area (Å²) in [6.07, 6.45) is 0. The van der Waals surface area contributed by atoms with Crippen molar-refractivity contribution in [3.05, 3.63) is 52.0 Å². The summed E-state index contributed by atoms with van der Waals surface area (Å²) in [4.78, 5) is 0. The van der Waals surface area contributed by atoms with Crippen molar-refractivity contribution in [1.29, 1.82) is 0 Å². The fourth-order valence-corrected chi connectivity index (χ4v) is 3.22. The fourth-order valence-electron chi connectivity index (χ4n) is 2.38. The zero-order valence-corrected chi connectivity index (χ0v) is 13.3. The van der Waals surface area contributed by atoms with Gasteiger partial charge in [0.25, 0.3) is 0 Å². The predicted octanol–water partition coefficient (Wildman–Crippen LogP) is 3.29. The Morgan fingerprint density at radius 3 is 2.62 bits per heavy atom. The molecule has 106 valence electrons. The second-order valence-electron chi connectivity index (χ2n) is 4.91. The Labute approximate surface area is 130 Å². The molecule has 0 bridgehead atoms. The van der Waals surface area contributed by atoms with Crippen LogP contribution in [-0.2, 0) is 0 Å². The van der Waals surface area contributed by atoms with E-state index in [-0.39, 0.29) is 0 Å². The normalized spacial score (nSPS) is 10.8. The molecule has 0 radical (unpaired) electrons. The maximum Gasteiger partial charge on any atom is 0.189 e. The molecule has 0 atom stereocenters. The van der Waals surface area contributed by atoms with E-state index < -0.39 is 0 Å². The third-order valence-corrected chi connectivity index (χ3v) is 3.89. The number of nitrogens with two attached hydrogens (primary N) is 1.